The van der Waals surface area contributed by atoms with Crippen LogP contribution in [0.5, 0.6) is 0 Å². The topological polar surface area (TPSA) is 21.3 Å². The van der Waals surface area contributed by atoms with Gasteiger partial charge in [0.15, 0.2) is 0 Å². The quantitative estimate of drug-likeness (QED) is 0.907. The van der Waals surface area contributed by atoms with E-state index in [2.05, 4.69) is 64.3 Å². The summed E-state index contributed by atoms with van der Waals surface area (Å²) in [5, 5.41) is 3.48. The number of benzene rings is 1. The van der Waals surface area contributed by atoms with Gasteiger partial charge in [-0.1, -0.05) is 45.0 Å². The van der Waals surface area contributed by atoms with Crippen LogP contribution in [0.25, 0.3) is 0 Å². The van der Waals surface area contributed by atoms with Crippen LogP contribution in [0.3, 0.4) is 0 Å². The minimum Gasteiger partial charge on any atom is -0.378 e. The van der Waals surface area contributed by atoms with Gasteiger partial charge in [0.05, 0.1) is 12.7 Å². The lowest BCUT2D eigenvalue weighted by molar-refractivity contribution is 0.117. The van der Waals surface area contributed by atoms with Gasteiger partial charge in [-0.15, -0.1) is 0 Å². The van der Waals surface area contributed by atoms with E-state index in [1.165, 1.54) is 17.5 Å². The van der Waals surface area contributed by atoms with Crippen LogP contribution < -0.4 is 5.32 Å². The van der Waals surface area contributed by atoms with Crippen molar-refractivity contribution in [1.29, 1.82) is 0 Å². The molecule has 0 saturated carbocycles. The molecule has 0 aliphatic carbocycles. The smallest absolute Gasteiger partial charge is 0.0551 e. The molecule has 1 aliphatic heterocycles. The molecule has 0 amide bonds. The molecule has 1 aromatic carbocycles. The van der Waals surface area contributed by atoms with Crippen molar-refractivity contribution in [2.24, 2.45) is 5.92 Å². The van der Waals surface area contributed by atoms with Gasteiger partial charge in [0, 0.05) is 12.0 Å². The molecule has 0 radical (unpaired) electrons. The van der Waals surface area contributed by atoms with Gasteiger partial charge in [-0.25, -0.2) is 0 Å². The maximum Gasteiger partial charge on any atom is 0.0551 e. The molecule has 2 rings (SSSR count). The van der Waals surface area contributed by atoms with Crippen LogP contribution in [0.2, 0.25) is 0 Å². The molecule has 1 aromatic rings. The van der Waals surface area contributed by atoms with E-state index in [1.54, 1.807) is 0 Å². The monoisotopic (exact) mass is 275 g/mol. The van der Waals surface area contributed by atoms with E-state index < -0.39 is 0 Å². The number of hydrogen-bond donors (Lipinski definition) is 1. The molecule has 0 bridgehead atoms. The van der Waals surface area contributed by atoms with E-state index >= 15 is 0 Å². The Kier molecular flexibility index (Phi) is 4.87. The van der Waals surface area contributed by atoms with E-state index in [1.807, 2.05) is 0 Å². The molecule has 1 N–H and O–H groups in total. The summed E-state index contributed by atoms with van der Waals surface area (Å²) < 4.78 is 5.71. The predicted molar refractivity (Wildman–Crippen MR) is 85.2 cm³/mol. The first-order valence-corrected chi connectivity index (χ1v) is 7.78. The number of hydrogen-bond acceptors (Lipinski definition) is 2. The van der Waals surface area contributed by atoms with Gasteiger partial charge >= 0.3 is 0 Å². The van der Waals surface area contributed by atoms with E-state index in [0.717, 1.165) is 13.0 Å². The third-order valence-corrected chi connectivity index (χ3v) is 4.44. The van der Waals surface area contributed by atoms with Crippen LogP contribution in [0.4, 0.5) is 0 Å². The van der Waals surface area contributed by atoms with Gasteiger partial charge in [-0.2, -0.15) is 0 Å². The third-order valence-electron chi connectivity index (χ3n) is 4.44. The zero-order valence-corrected chi connectivity index (χ0v) is 13.6. The number of rotatable bonds is 4. The Hall–Kier alpha value is -0.860. The molecule has 112 valence electrons. The number of ether oxygens (including phenoxy) is 1. The molecule has 0 aromatic heterocycles. The Bertz CT molecular complexity index is 418. The second kappa shape index (κ2) is 6.28. The molecule has 0 spiro atoms. The molecule has 1 heterocycles. The van der Waals surface area contributed by atoms with E-state index in [4.69, 9.17) is 4.74 Å². The van der Waals surface area contributed by atoms with Crippen molar-refractivity contribution >= 4 is 0 Å². The van der Waals surface area contributed by atoms with Crippen molar-refractivity contribution < 1.29 is 4.74 Å². The Morgan fingerprint density at radius 3 is 2.35 bits per heavy atom. The largest absolute Gasteiger partial charge is 0.378 e. The van der Waals surface area contributed by atoms with Crippen molar-refractivity contribution in [3.63, 3.8) is 0 Å². The van der Waals surface area contributed by atoms with Crippen LogP contribution >= 0.6 is 0 Å². The fraction of sp³-hybridized carbons (Fsp3) is 0.667. The third kappa shape index (κ3) is 3.83. The Labute approximate surface area is 123 Å². The van der Waals surface area contributed by atoms with Crippen LogP contribution in [0.1, 0.15) is 45.2 Å². The van der Waals surface area contributed by atoms with Crippen molar-refractivity contribution in [3.8, 4) is 0 Å². The van der Waals surface area contributed by atoms with Gasteiger partial charge in [0.2, 0.25) is 0 Å². The van der Waals surface area contributed by atoms with Gasteiger partial charge in [-0.3, -0.25) is 0 Å². The molecule has 2 heteroatoms. The lowest BCUT2D eigenvalue weighted by Crippen LogP contribution is -2.36. The summed E-state index contributed by atoms with van der Waals surface area (Å²) in [6.45, 7) is 9.85. The molecule has 20 heavy (non-hydrogen) atoms. The predicted octanol–water partition coefficient (Wildman–Crippen LogP) is 3.54. The lowest BCUT2D eigenvalue weighted by Gasteiger charge is -2.23. The zero-order chi connectivity index (χ0) is 14.8. The SMILES string of the molecule is CNC(Cc1ccc(C(C)(C)C)cc1)C1COC(C)C1. The molecular formula is C18H29NO. The first kappa shape index (κ1) is 15.5. The molecular weight excluding hydrogens is 246 g/mol. The second-order valence-corrected chi connectivity index (χ2v) is 7.19. The van der Waals surface area contributed by atoms with Crippen LogP contribution in [-0.2, 0) is 16.6 Å². The summed E-state index contributed by atoms with van der Waals surface area (Å²) in [6.07, 6.45) is 2.67. The first-order valence-electron chi connectivity index (χ1n) is 7.78. The summed E-state index contributed by atoms with van der Waals surface area (Å²) in [6, 6.07) is 9.63. The fourth-order valence-corrected chi connectivity index (χ4v) is 3.03. The van der Waals surface area contributed by atoms with Gasteiger partial charge in [0.25, 0.3) is 0 Å². The number of likely N-dealkylation sites (N-methyl/N-ethyl adjacent to an activating group) is 1. The van der Waals surface area contributed by atoms with Gasteiger partial charge in [0.1, 0.15) is 0 Å². The minimum atomic E-state index is 0.232. The van der Waals surface area contributed by atoms with Crippen LogP contribution in [-0.4, -0.2) is 25.8 Å². The highest BCUT2D eigenvalue weighted by molar-refractivity contribution is 5.28. The highest BCUT2D eigenvalue weighted by atomic mass is 16.5. The van der Waals surface area contributed by atoms with Gasteiger partial charge in [-0.05, 0) is 43.4 Å². The summed E-state index contributed by atoms with van der Waals surface area (Å²) in [5.74, 6) is 0.636. The lowest BCUT2D eigenvalue weighted by atomic mass is 9.85. The van der Waals surface area contributed by atoms with Crippen molar-refractivity contribution in [2.45, 2.75) is 58.1 Å². The number of nitrogens with one attached hydrogen (secondary N) is 1. The van der Waals surface area contributed by atoms with E-state index in [9.17, 15) is 0 Å². The van der Waals surface area contributed by atoms with Crippen LogP contribution in [0, 0.1) is 5.92 Å². The Morgan fingerprint density at radius 1 is 1.25 bits per heavy atom. The summed E-state index contributed by atoms with van der Waals surface area (Å²) in [4.78, 5) is 0. The standard InChI is InChI=1S/C18H29NO/c1-13-10-15(12-20-13)17(19-5)11-14-6-8-16(9-7-14)18(2,3)4/h6-9,13,15,17,19H,10-12H2,1-5H3. The minimum absolute atomic E-state index is 0.232. The highest BCUT2D eigenvalue weighted by Gasteiger charge is 2.28. The van der Waals surface area contributed by atoms with Crippen molar-refractivity contribution in [3.05, 3.63) is 35.4 Å². The molecule has 1 saturated heterocycles. The first-order chi connectivity index (χ1) is 9.40. The molecule has 2 nitrogen and oxygen atoms in total. The summed E-state index contributed by atoms with van der Waals surface area (Å²) in [7, 11) is 2.07. The highest BCUT2D eigenvalue weighted by Crippen LogP contribution is 2.26. The zero-order valence-electron chi connectivity index (χ0n) is 13.6. The second-order valence-electron chi connectivity index (χ2n) is 7.19. The summed E-state index contributed by atoms with van der Waals surface area (Å²) in [5.41, 5.74) is 3.05. The summed E-state index contributed by atoms with van der Waals surface area (Å²) >= 11 is 0. The maximum absolute atomic E-state index is 5.71. The maximum atomic E-state index is 5.71. The molecule has 1 fully saturated rings. The molecule has 1 aliphatic rings. The van der Waals surface area contributed by atoms with Gasteiger partial charge < -0.3 is 10.1 Å². The average molecular weight is 275 g/mol. The Morgan fingerprint density at radius 2 is 1.90 bits per heavy atom. The fourth-order valence-electron chi connectivity index (χ4n) is 3.03. The normalized spacial score (nSPS) is 24.9. The Balaban J connectivity index is 2.01. The van der Waals surface area contributed by atoms with Crippen molar-refractivity contribution in [1.82, 2.24) is 5.32 Å². The molecule has 3 unspecified atom stereocenters. The van der Waals surface area contributed by atoms with E-state index in [-0.39, 0.29) is 5.41 Å². The van der Waals surface area contributed by atoms with E-state index in [0.29, 0.717) is 18.1 Å². The van der Waals surface area contributed by atoms with Crippen molar-refractivity contribution in [2.75, 3.05) is 13.7 Å². The molecule has 3 atom stereocenters. The van der Waals surface area contributed by atoms with Crippen LogP contribution in [0.15, 0.2) is 24.3 Å². The average Bonchev–Trinajstić information content (AvgIpc) is 2.82.